The molecule has 6 heteroatoms. The maximum absolute atomic E-state index is 12.4. The van der Waals surface area contributed by atoms with Crippen molar-refractivity contribution in [3.8, 4) is 5.75 Å². The Kier molecular flexibility index (Phi) is 4.74. The molecule has 1 unspecified atom stereocenters. The molecule has 3 nitrogen and oxygen atoms in total. The Morgan fingerprint density at radius 2 is 1.90 bits per heavy atom. The molecule has 0 saturated carbocycles. The predicted molar refractivity (Wildman–Crippen MR) is 74.4 cm³/mol. The number of para-hydroxylation sites is 1. The van der Waals surface area contributed by atoms with Crippen molar-refractivity contribution in [2.45, 2.75) is 19.6 Å². The lowest BCUT2D eigenvalue weighted by atomic mass is 10.1. The number of nitrogens with one attached hydrogen (secondary N) is 1. The van der Waals surface area contributed by atoms with Crippen LogP contribution in [0, 0.1) is 0 Å². The van der Waals surface area contributed by atoms with Gasteiger partial charge in [0.2, 0.25) is 0 Å². The van der Waals surface area contributed by atoms with Gasteiger partial charge >= 0.3 is 6.61 Å². The summed E-state index contributed by atoms with van der Waals surface area (Å²) in [5.74, 6) is 0.710. The molecule has 0 aliphatic rings. The maximum atomic E-state index is 12.4. The van der Waals surface area contributed by atoms with Crippen LogP contribution in [0.1, 0.15) is 18.5 Å². The molecule has 1 atom stereocenters. The number of nitrogens with zero attached hydrogens (tertiary/aromatic N) is 1. The topological polar surface area (TPSA) is 34.2 Å². The summed E-state index contributed by atoms with van der Waals surface area (Å²) in [6.07, 6.45) is 0. The fourth-order valence-electron chi connectivity index (χ4n) is 1.83. The second kappa shape index (κ2) is 6.52. The van der Waals surface area contributed by atoms with Crippen molar-refractivity contribution in [1.82, 2.24) is 4.98 Å². The lowest BCUT2D eigenvalue weighted by Crippen LogP contribution is -2.11. The van der Waals surface area contributed by atoms with Crippen molar-refractivity contribution in [3.63, 3.8) is 0 Å². The monoisotopic (exact) mass is 298 g/mol. The van der Waals surface area contributed by atoms with E-state index in [1.807, 2.05) is 6.92 Å². The van der Waals surface area contributed by atoms with Gasteiger partial charge in [-0.05, 0) is 25.1 Å². The number of rotatable bonds is 5. The highest BCUT2D eigenvalue weighted by Crippen LogP contribution is 2.28. The van der Waals surface area contributed by atoms with E-state index in [0.29, 0.717) is 16.5 Å². The van der Waals surface area contributed by atoms with Gasteiger partial charge < -0.3 is 10.1 Å². The third kappa shape index (κ3) is 3.81. The molecule has 1 heterocycles. The average Bonchev–Trinajstić information content (AvgIpc) is 2.38. The Morgan fingerprint density at radius 3 is 2.60 bits per heavy atom. The highest BCUT2D eigenvalue weighted by atomic mass is 35.5. The minimum atomic E-state index is -2.85. The number of halogens is 3. The number of aromatic nitrogens is 1. The lowest BCUT2D eigenvalue weighted by molar-refractivity contribution is -0.0505. The van der Waals surface area contributed by atoms with Crippen molar-refractivity contribution in [2.75, 3.05) is 5.32 Å². The van der Waals surface area contributed by atoms with E-state index < -0.39 is 6.61 Å². The molecule has 1 N–H and O–H groups in total. The molecule has 0 aliphatic heterocycles. The summed E-state index contributed by atoms with van der Waals surface area (Å²) in [6.45, 7) is -1.02. The fourth-order valence-corrected chi connectivity index (χ4v) is 1.99. The average molecular weight is 299 g/mol. The molecule has 0 amide bonds. The molecule has 0 aliphatic carbocycles. The Morgan fingerprint density at radius 1 is 1.15 bits per heavy atom. The van der Waals surface area contributed by atoms with E-state index in [9.17, 15) is 8.78 Å². The first kappa shape index (κ1) is 14.5. The van der Waals surface area contributed by atoms with Crippen molar-refractivity contribution in [1.29, 1.82) is 0 Å². The molecule has 2 aromatic rings. The fraction of sp³-hybridized carbons (Fsp3) is 0.214. The Hall–Kier alpha value is -1.88. The molecule has 106 valence electrons. The number of anilines is 1. The van der Waals surface area contributed by atoms with Crippen molar-refractivity contribution in [3.05, 3.63) is 53.2 Å². The van der Waals surface area contributed by atoms with E-state index in [4.69, 9.17) is 11.6 Å². The van der Waals surface area contributed by atoms with Gasteiger partial charge in [0.05, 0.1) is 6.04 Å². The molecule has 1 aromatic heterocycles. The standard InChI is InChI=1S/C14H13ClF2N2O/c1-9(18-13-8-4-7-12(15)19-13)10-5-2-3-6-11(10)20-14(16)17/h2-9,14H,1H3,(H,18,19). The summed E-state index contributed by atoms with van der Waals surface area (Å²) < 4.78 is 29.3. The summed E-state index contributed by atoms with van der Waals surface area (Å²) in [6, 6.07) is 11.5. The second-order valence-electron chi connectivity index (χ2n) is 4.13. The number of pyridine rings is 1. The molecule has 20 heavy (non-hydrogen) atoms. The van der Waals surface area contributed by atoms with Gasteiger partial charge in [-0.1, -0.05) is 35.9 Å². The SMILES string of the molecule is CC(Nc1cccc(Cl)n1)c1ccccc1OC(F)F. The van der Waals surface area contributed by atoms with Crippen LogP contribution in [0.2, 0.25) is 5.15 Å². The highest BCUT2D eigenvalue weighted by molar-refractivity contribution is 6.29. The quantitative estimate of drug-likeness (QED) is 0.825. The molecule has 0 bridgehead atoms. The first-order valence-corrected chi connectivity index (χ1v) is 6.37. The van der Waals surface area contributed by atoms with Crippen LogP contribution < -0.4 is 10.1 Å². The van der Waals surface area contributed by atoms with Gasteiger partial charge in [-0.2, -0.15) is 8.78 Å². The summed E-state index contributed by atoms with van der Waals surface area (Å²) in [5.41, 5.74) is 0.620. The van der Waals surface area contributed by atoms with Crippen LogP contribution in [0.5, 0.6) is 5.75 Å². The van der Waals surface area contributed by atoms with Gasteiger partial charge in [0.1, 0.15) is 16.7 Å². The molecule has 0 saturated heterocycles. The van der Waals surface area contributed by atoms with E-state index >= 15 is 0 Å². The first-order chi connectivity index (χ1) is 9.56. The maximum Gasteiger partial charge on any atom is 0.387 e. The number of hydrogen-bond acceptors (Lipinski definition) is 3. The highest BCUT2D eigenvalue weighted by Gasteiger charge is 2.14. The van der Waals surface area contributed by atoms with Crippen molar-refractivity contribution in [2.24, 2.45) is 0 Å². The van der Waals surface area contributed by atoms with Crippen LogP contribution in [-0.2, 0) is 0 Å². The van der Waals surface area contributed by atoms with Gasteiger partial charge in [0.25, 0.3) is 0 Å². The molecular formula is C14H13ClF2N2O. The van der Waals surface area contributed by atoms with Crippen molar-refractivity contribution < 1.29 is 13.5 Å². The molecule has 0 fully saturated rings. The Labute approximate surface area is 120 Å². The number of ether oxygens (including phenoxy) is 1. The van der Waals surface area contributed by atoms with Gasteiger partial charge in [0, 0.05) is 5.56 Å². The van der Waals surface area contributed by atoms with Crippen LogP contribution in [0.3, 0.4) is 0 Å². The summed E-state index contributed by atoms with van der Waals surface area (Å²) >= 11 is 5.80. The zero-order valence-corrected chi connectivity index (χ0v) is 11.4. The van der Waals surface area contributed by atoms with E-state index in [1.54, 1.807) is 36.4 Å². The third-order valence-corrected chi connectivity index (χ3v) is 2.89. The number of alkyl halides is 2. The van der Waals surface area contributed by atoms with Crippen LogP contribution in [-0.4, -0.2) is 11.6 Å². The smallest absolute Gasteiger partial charge is 0.387 e. The predicted octanol–water partition coefficient (Wildman–Crippen LogP) is 4.51. The molecule has 1 aromatic carbocycles. The summed E-state index contributed by atoms with van der Waals surface area (Å²) in [7, 11) is 0. The zero-order chi connectivity index (χ0) is 14.5. The lowest BCUT2D eigenvalue weighted by Gasteiger charge is -2.18. The van der Waals surface area contributed by atoms with Crippen LogP contribution in [0.4, 0.5) is 14.6 Å². The normalized spacial score (nSPS) is 12.2. The number of benzene rings is 1. The van der Waals surface area contributed by atoms with Gasteiger partial charge in [-0.25, -0.2) is 4.98 Å². The minimum absolute atomic E-state index is 0.143. The molecule has 0 spiro atoms. The number of hydrogen-bond donors (Lipinski definition) is 1. The largest absolute Gasteiger partial charge is 0.434 e. The van der Waals surface area contributed by atoms with E-state index in [-0.39, 0.29) is 11.8 Å². The molecular weight excluding hydrogens is 286 g/mol. The van der Waals surface area contributed by atoms with Gasteiger partial charge in [-0.15, -0.1) is 0 Å². The minimum Gasteiger partial charge on any atom is -0.434 e. The van der Waals surface area contributed by atoms with Gasteiger partial charge in [0.15, 0.2) is 0 Å². The zero-order valence-electron chi connectivity index (χ0n) is 10.7. The third-order valence-electron chi connectivity index (χ3n) is 2.68. The Bertz CT molecular complexity index is 581. The first-order valence-electron chi connectivity index (χ1n) is 5.99. The van der Waals surface area contributed by atoms with Crippen molar-refractivity contribution >= 4 is 17.4 Å². The second-order valence-corrected chi connectivity index (χ2v) is 4.52. The summed E-state index contributed by atoms with van der Waals surface area (Å²) in [4.78, 5) is 4.09. The van der Waals surface area contributed by atoms with Crippen LogP contribution >= 0.6 is 11.6 Å². The van der Waals surface area contributed by atoms with E-state index in [2.05, 4.69) is 15.0 Å². The molecule has 0 radical (unpaired) electrons. The summed E-state index contributed by atoms with van der Waals surface area (Å²) in [5, 5.41) is 3.45. The Balaban J connectivity index is 2.18. The van der Waals surface area contributed by atoms with Crippen LogP contribution in [0.15, 0.2) is 42.5 Å². The molecule has 2 rings (SSSR count). The van der Waals surface area contributed by atoms with E-state index in [0.717, 1.165) is 0 Å². The van der Waals surface area contributed by atoms with Crippen LogP contribution in [0.25, 0.3) is 0 Å². The van der Waals surface area contributed by atoms with E-state index in [1.165, 1.54) is 6.07 Å². The van der Waals surface area contributed by atoms with Gasteiger partial charge in [-0.3, -0.25) is 0 Å².